The summed E-state index contributed by atoms with van der Waals surface area (Å²) in [4.78, 5) is 0. The van der Waals surface area contributed by atoms with Crippen molar-refractivity contribution in [3.05, 3.63) is 24.6 Å². The predicted molar refractivity (Wildman–Crippen MR) is 65.6 cm³/mol. The van der Waals surface area contributed by atoms with Gasteiger partial charge in [0.2, 0.25) is 0 Å². The van der Waals surface area contributed by atoms with Crippen molar-refractivity contribution >= 4 is 8.07 Å². The molecule has 0 aromatic heterocycles. The molecule has 0 spiro atoms. The molecule has 0 radical (unpaired) electrons. The zero-order valence-electron chi connectivity index (χ0n) is 9.31. The smallest absolute Gasteiger partial charge is 0.100 e. The first kappa shape index (κ1) is 12.7. The number of hydrogen-bond donors (Lipinski definition) is 0. The van der Waals surface area contributed by atoms with Crippen molar-refractivity contribution in [1.82, 2.24) is 0 Å². The topological polar surface area (TPSA) is 0 Å². The Kier molecular flexibility index (Phi) is 6.97. The van der Waals surface area contributed by atoms with E-state index in [1.54, 1.807) is 0 Å². The van der Waals surface area contributed by atoms with E-state index in [9.17, 15) is 0 Å². The largest absolute Gasteiger partial charge is 0.107 e. The fraction of sp³-hybridized carbons (Fsp3) is 0.667. The van der Waals surface area contributed by atoms with Gasteiger partial charge in [0.1, 0.15) is 8.07 Å². The molecule has 13 heavy (non-hydrogen) atoms. The molecule has 0 heterocycles. The second-order valence-electron chi connectivity index (χ2n) is 3.85. The lowest BCUT2D eigenvalue weighted by Crippen LogP contribution is -2.28. The molecule has 0 N–H and O–H groups in total. The van der Waals surface area contributed by atoms with Crippen LogP contribution in [0, 0.1) is 0 Å². The lowest BCUT2D eigenvalue weighted by molar-refractivity contribution is 0.761. The molecule has 0 amide bonds. The molecular formula is C12H24Si. The number of unbranched alkanes of at least 4 members (excludes halogenated alkanes) is 2. The van der Waals surface area contributed by atoms with Crippen LogP contribution in [0.15, 0.2) is 24.6 Å². The molecule has 0 aromatic carbocycles. The molecule has 0 aliphatic heterocycles. The Labute approximate surface area is 84.8 Å². The normalized spacial score (nSPS) is 11.2. The summed E-state index contributed by atoms with van der Waals surface area (Å²) in [6.07, 6.45) is 5.31. The van der Waals surface area contributed by atoms with Gasteiger partial charge in [-0.1, -0.05) is 63.0 Å². The minimum absolute atomic E-state index is 1.25. The predicted octanol–water partition coefficient (Wildman–Crippen LogP) is 4.49. The average molecular weight is 196 g/mol. The first-order valence-corrected chi connectivity index (χ1v) is 8.08. The highest BCUT2D eigenvalue weighted by Gasteiger charge is 2.23. The summed E-state index contributed by atoms with van der Waals surface area (Å²) in [5.41, 5.74) is 4.44. The highest BCUT2D eigenvalue weighted by atomic mass is 28.3. The summed E-state index contributed by atoms with van der Waals surface area (Å²) < 4.78 is 0. The Morgan fingerprint density at radius 1 is 0.923 bits per heavy atom. The van der Waals surface area contributed by atoms with Gasteiger partial charge in [0, 0.05) is 0 Å². The first-order valence-electron chi connectivity index (χ1n) is 5.52. The van der Waals surface area contributed by atoms with Gasteiger partial charge < -0.3 is 0 Å². The van der Waals surface area contributed by atoms with Crippen molar-refractivity contribution in [2.75, 3.05) is 0 Å². The van der Waals surface area contributed by atoms with E-state index in [4.69, 9.17) is 0 Å². The maximum atomic E-state index is 3.99. The summed E-state index contributed by atoms with van der Waals surface area (Å²) >= 11 is 0. The summed E-state index contributed by atoms with van der Waals surface area (Å²) in [5.74, 6) is 0. The van der Waals surface area contributed by atoms with Crippen LogP contribution in [0.3, 0.4) is 0 Å². The third-order valence-electron chi connectivity index (χ3n) is 2.77. The SMILES string of the molecule is C=C[Si](C=C)(CCC)CCCCC. The van der Waals surface area contributed by atoms with Crippen molar-refractivity contribution in [1.29, 1.82) is 0 Å². The van der Waals surface area contributed by atoms with E-state index in [2.05, 4.69) is 38.4 Å². The fourth-order valence-electron chi connectivity index (χ4n) is 1.79. The lowest BCUT2D eigenvalue weighted by atomic mass is 10.3. The van der Waals surface area contributed by atoms with E-state index in [0.29, 0.717) is 0 Å². The fourth-order valence-corrected chi connectivity index (χ4v) is 4.86. The zero-order valence-corrected chi connectivity index (χ0v) is 10.3. The Morgan fingerprint density at radius 2 is 1.54 bits per heavy atom. The molecule has 0 rings (SSSR count). The number of hydrogen-bond acceptors (Lipinski definition) is 0. The van der Waals surface area contributed by atoms with E-state index in [-0.39, 0.29) is 0 Å². The van der Waals surface area contributed by atoms with E-state index in [0.717, 1.165) is 0 Å². The van der Waals surface area contributed by atoms with Gasteiger partial charge in [0.25, 0.3) is 0 Å². The number of rotatable bonds is 8. The average Bonchev–Trinajstić information content (AvgIpc) is 2.17. The molecule has 0 unspecified atom stereocenters. The molecule has 0 saturated carbocycles. The van der Waals surface area contributed by atoms with Crippen molar-refractivity contribution in [3.8, 4) is 0 Å². The molecule has 0 aliphatic rings. The molecule has 0 nitrogen and oxygen atoms in total. The van der Waals surface area contributed by atoms with E-state index in [1.165, 1.54) is 37.8 Å². The van der Waals surface area contributed by atoms with Crippen LogP contribution < -0.4 is 0 Å². The third kappa shape index (κ3) is 4.46. The van der Waals surface area contributed by atoms with Crippen molar-refractivity contribution < 1.29 is 0 Å². The van der Waals surface area contributed by atoms with Gasteiger partial charge in [0.05, 0.1) is 0 Å². The van der Waals surface area contributed by atoms with Crippen LogP contribution in [0.1, 0.15) is 39.5 Å². The quantitative estimate of drug-likeness (QED) is 0.396. The lowest BCUT2D eigenvalue weighted by Gasteiger charge is -2.23. The zero-order chi connectivity index (χ0) is 10.2. The van der Waals surface area contributed by atoms with E-state index in [1.807, 2.05) is 0 Å². The van der Waals surface area contributed by atoms with E-state index < -0.39 is 8.07 Å². The monoisotopic (exact) mass is 196 g/mol. The van der Waals surface area contributed by atoms with Crippen LogP contribution in [0.4, 0.5) is 0 Å². The van der Waals surface area contributed by atoms with Gasteiger partial charge in [-0.05, 0) is 0 Å². The molecular weight excluding hydrogens is 172 g/mol. The standard InChI is InChI=1S/C12H24Si/c1-5-9-10-12-13(7-3,8-4)11-6-2/h7-8H,3-6,9-12H2,1-2H3. The Morgan fingerprint density at radius 3 is 1.92 bits per heavy atom. The van der Waals surface area contributed by atoms with Crippen molar-refractivity contribution in [2.45, 2.75) is 51.6 Å². The minimum Gasteiger partial charge on any atom is -0.107 e. The molecule has 0 aliphatic carbocycles. The minimum atomic E-state index is -1.25. The van der Waals surface area contributed by atoms with E-state index >= 15 is 0 Å². The maximum absolute atomic E-state index is 3.99. The molecule has 1 heteroatoms. The van der Waals surface area contributed by atoms with Crippen molar-refractivity contribution in [3.63, 3.8) is 0 Å². The second kappa shape index (κ2) is 7.13. The Bertz CT molecular complexity index is 141. The van der Waals surface area contributed by atoms with Gasteiger partial charge >= 0.3 is 0 Å². The summed E-state index contributed by atoms with van der Waals surface area (Å²) in [6.45, 7) is 12.5. The third-order valence-corrected chi connectivity index (χ3v) is 7.12. The Balaban J connectivity index is 4.04. The second-order valence-corrected chi connectivity index (χ2v) is 8.13. The van der Waals surface area contributed by atoms with Gasteiger partial charge in [-0.2, -0.15) is 0 Å². The van der Waals surface area contributed by atoms with Crippen LogP contribution >= 0.6 is 0 Å². The highest BCUT2D eigenvalue weighted by Crippen LogP contribution is 2.23. The van der Waals surface area contributed by atoms with Gasteiger partial charge in [-0.3, -0.25) is 0 Å². The van der Waals surface area contributed by atoms with Crippen LogP contribution in [0.5, 0.6) is 0 Å². The molecule has 0 fully saturated rings. The van der Waals surface area contributed by atoms with Gasteiger partial charge in [-0.25, -0.2) is 0 Å². The molecule has 0 aromatic rings. The van der Waals surface area contributed by atoms with Crippen LogP contribution in [-0.2, 0) is 0 Å². The Hall–Kier alpha value is -0.303. The van der Waals surface area contributed by atoms with Gasteiger partial charge in [-0.15, -0.1) is 13.2 Å². The molecule has 0 saturated heterocycles. The first-order chi connectivity index (χ1) is 6.24. The van der Waals surface area contributed by atoms with Crippen LogP contribution in [0.2, 0.25) is 12.1 Å². The van der Waals surface area contributed by atoms with Gasteiger partial charge in [0.15, 0.2) is 0 Å². The van der Waals surface area contributed by atoms with Crippen molar-refractivity contribution in [2.24, 2.45) is 0 Å². The van der Waals surface area contributed by atoms with Crippen LogP contribution in [-0.4, -0.2) is 8.07 Å². The summed E-state index contributed by atoms with van der Waals surface area (Å²) in [7, 11) is -1.25. The maximum Gasteiger partial charge on any atom is 0.100 e. The molecule has 0 atom stereocenters. The summed E-state index contributed by atoms with van der Waals surface area (Å²) in [6, 6.07) is 2.70. The van der Waals surface area contributed by atoms with Crippen LogP contribution in [0.25, 0.3) is 0 Å². The molecule has 0 bridgehead atoms. The highest BCUT2D eigenvalue weighted by molar-refractivity contribution is 6.88. The molecule has 76 valence electrons. The summed E-state index contributed by atoms with van der Waals surface area (Å²) in [5, 5.41) is 0.